The first kappa shape index (κ1) is 17.5. The van der Waals surface area contributed by atoms with E-state index in [2.05, 4.69) is 48.4 Å². The first-order valence-corrected chi connectivity index (χ1v) is 9.10. The Balaban J connectivity index is 1.60. The summed E-state index contributed by atoms with van der Waals surface area (Å²) in [5.41, 5.74) is 3.77. The third kappa shape index (κ3) is 6.45. The van der Waals surface area contributed by atoms with Crippen LogP contribution in [0.15, 0.2) is 48.8 Å². The molecule has 122 valence electrons. The highest BCUT2D eigenvalue weighted by Crippen LogP contribution is 2.17. The van der Waals surface area contributed by atoms with Crippen LogP contribution in [0.5, 0.6) is 0 Å². The maximum atomic E-state index is 12.0. The van der Waals surface area contributed by atoms with E-state index in [1.807, 2.05) is 23.9 Å². The number of carbonyl (C=O) groups is 1. The summed E-state index contributed by atoms with van der Waals surface area (Å²) < 4.78 is 0. The lowest BCUT2D eigenvalue weighted by atomic mass is 9.99. The molecule has 0 saturated heterocycles. The molecule has 0 aliphatic rings. The van der Waals surface area contributed by atoms with Gasteiger partial charge in [0.2, 0.25) is 5.91 Å². The third-order valence-electron chi connectivity index (χ3n) is 3.72. The van der Waals surface area contributed by atoms with Gasteiger partial charge in [-0.2, -0.15) is 11.8 Å². The summed E-state index contributed by atoms with van der Waals surface area (Å²) in [6.45, 7) is 4.89. The summed E-state index contributed by atoms with van der Waals surface area (Å²) >= 11 is 1.85. The first-order valence-electron chi connectivity index (χ1n) is 7.95. The monoisotopic (exact) mass is 328 g/mol. The number of nitrogens with zero attached hydrogens (tertiary/aromatic N) is 1. The summed E-state index contributed by atoms with van der Waals surface area (Å²) in [4.78, 5) is 16.0. The predicted molar refractivity (Wildman–Crippen MR) is 97.6 cm³/mol. The Morgan fingerprint density at radius 3 is 2.57 bits per heavy atom. The van der Waals surface area contributed by atoms with Crippen LogP contribution < -0.4 is 5.32 Å². The number of benzene rings is 1. The lowest BCUT2D eigenvalue weighted by molar-refractivity contribution is -0.121. The molecule has 3 nitrogen and oxygen atoms in total. The Kier molecular flexibility index (Phi) is 7.14. The number of rotatable bonds is 8. The van der Waals surface area contributed by atoms with E-state index in [-0.39, 0.29) is 11.8 Å². The van der Waals surface area contributed by atoms with Crippen LogP contribution in [-0.4, -0.2) is 23.2 Å². The molecule has 1 atom stereocenters. The van der Waals surface area contributed by atoms with E-state index in [1.165, 1.54) is 11.1 Å². The van der Waals surface area contributed by atoms with Crippen molar-refractivity contribution in [1.29, 1.82) is 0 Å². The average molecular weight is 328 g/mol. The van der Waals surface area contributed by atoms with Crippen molar-refractivity contribution in [2.45, 2.75) is 31.9 Å². The van der Waals surface area contributed by atoms with Crippen molar-refractivity contribution >= 4 is 17.7 Å². The molecule has 1 aromatic carbocycles. The zero-order valence-electron chi connectivity index (χ0n) is 13.8. The molecule has 1 N–H and O–H groups in total. The molecular formula is C19H24N2OS. The molecule has 2 aromatic rings. The van der Waals surface area contributed by atoms with E-state index in [0.29, 0.717) is 6.42 Å². The molecule has 0 radical (unpaired) electrons. The van der Waals surface area contributed by atoms with E-state index in [1.54, 1.807) is 12.4 Å². The van der Waals surface area contributed by atoms with Crippen LogP contribution >= 0.6 is 11.8 Å². The van der Waals surface area contributed by atoms with Crippen LogP contribution in [0.3, 0.4) is 0 Å². The van der Waals surface area contributed by atoms with Crippen molar-refractivity contribution in [2.75, 3.05) is 12.3 Å². The maximum absolute atomic E-state index is 12.0. The molecule has 1 aromatic heterocycles. The van der Waals surface area contributed by atoms with E-state index in [4.69, 9.17) is 0 Å². The normalized spacial score (nSPS) is 11.9. The van der Waals surface area contributed by atoms with Crippen molar-refractivity contribution in [1.82, 2.24) is 10.3 Å². The SMILES string of the molecule is Cc1ccc(CSCCNC(=O)C[C@H](C)c2ccncc2)cc1. The Bertz CT molecular complexity index is 599. The standard InChI is InChI=1S/C19H24N2OS/c1-15-3-5-17(6-4-15)14-23-12-11-21-19(22)13-16(2)18-7-9-20-10-8-18/h3-10,16H,11-14H2,1-2H3,(H,21,22)/t16-/m0/s1. The predicted octanol–water partition coefficient (Wildman–Crippen LogP) is 3.93. The van der Waals surface area contributed by atoms with E-state index in [0.717, 1.165) is 23.6 Å². The van der Waals surface area contributed by atoms with Gasteiger partial charge < -0.3 is 5.32 Å². The smallest absolute Gasteiger partial charge is 0.220 e. The van der Waals surface area contributed by atoms with Gasteiger partial charge in [-0.1, -0.05) is 36.8 Å². The van der Waals surface area contributed by atoms with Crippen LogP contribution in [0.25, 0.3) is 0 Å². The van der Waals surface area contributed by atoms with Gasteiger partial charge in [0.25, 0.3) is 0 Å². The molecule has 1 heterocycles. The van der Waals surface area contributed by atoms with Gasteiger partial charge in [-0.05, 0) is 36.1 Å². The molecular weight excluding hydrogens is 304 g/mol. The van der Waals surface area contributed by atoms with Gasteiger partial charge in [-0.15, -0.1) is 0 Å². The summed E-state index contributed by atoms with van der Waals surface area (Å²) in [6.07, 6.45) is 4.06. The minimum absolute atomic E-state index is 0.116. The summed E-state index contributed by atoms with van der Waals surface area (Å²) in [5.74, 6) is 2.26. The minimum atomic E-state index is 0.116. The van der Waals surface area contributed by atoms with Crippen LogP contribution in [0, 0.1) is 6.92 Å². The maximum Gasteiger partial charge on any atom is 0.220 e. The fourth-order valence-corrected chi connectivity index (χ4v) is 3.12. The molecule has 1 amide bonds. The highest BCUT2D eigenvalue weighted by molar-refractivity contribution is 7.98. The van der Waals surface area contributed by atoms with Crippen molar-refractivity contribution in [3.8, 4) is 0 Å². The number of aromatic nitrogens is 1. The van der Waals surface area contributed by atoms with Crippen molar-refractivity contribution in [3.63, 3.8) is 0 Å². The molecule has 23 heavy (non-hydrogen) atoms. The minimum Gasteiger partial charge on any atom is -0.355 e. The van der Waals surface area contributed by atoms with Gasteiger partial charge >= 0.3 is 0 Å². The molecule has 0 aliphatic heterocycles. The van der Waals surface area contributed by atoms with Gasteiger partial charge in [0.1, 0.15) is 0 Å². The van der Waals surface area contributed by atoms with Crippen LogP contribution in [0.1, 0.15) is 36.0 Å². The Morgan fingerprint density at radius 1 is 1.17 bits per heavy atom. The Labute approximate surface area is 142 Å². The quantitative estimate of drug-likeness (QED) is 0.747. The molecule has 0 saturated carbocycles. The Morgan fingerprint density at radius 2 is 1.87 bits per heavy atom. The zero-order chi connectivity index (χ0) is 16.5. The van der Waals surface area contributed by atoms with Crippen molar-refractivity contribution < 1.29 is 4.79 Å². The molecule has 0 aliphatic carbocycles. The highest BCUT2D eigenvalue weighted by atomic mass is 32.2. The van der Waals surface area contributed by atoms with Gasteiger partial charge in [-0.3, -0.25) is 9.78 Å². The van der Waals surface area contributed by atoms with E-state index < -0.39 is 0 Å². The van der Waals surface area contributed by atoms with Crippen molar-refractivity contribution in [2.24, 2.45) is 0 Å². The molecule has 0 bridgehead atoms. The van der Waals surface area contributed by atoms with Crippen molar-refractivity contribution in [3.05, 3.63) is 65.5 Å². The second-order valence-electron chi connectivity index (χ2n) is 5.77. The van der Waals surface area contributed by atoms with E-state index in [9.17, 15) is 4.79 Å². The fourth-order valence-electron chi connectivity index (χ4n) is 2.30. The second-order valence-corrected chi connectivity index (χ2v) is 6.88. The van der Waals surface area contributed by atoms with Gasteiger partial charge in [-0.25, -0.2) is 0 Å². The van der Waals surface area contributed by atoms with Gasteiger partial charge in [0.15, 0.2) is 0 Å². The second kappa shape index (κ2) is 9.36. The van der Waals surface area contributed by atoms with Gasteiger partial charge in [0, 0.05) is 36.9 Å². The zero-order valence-corrected chi connectivity index (χ0v) is 14.6. The number of hydrogen-bond acceptors (Lipinski definition) is 3. The highest BCUT2D eigenvalue weighted by Gasteiger charge is 2.10. The number of nitrogens with one attached hydrogen (secondary N) is 1. The van der Waals surface area contributed by atoms with Crippen LogP contribution in [0.2, 0.25) is 0 Å². The number of pyridine rings is 1. The van der Waals surface area contributed by atoms with Crippen LogP contribution in [-0.2, 0) is 10.5 Å². The number of amides is 1. The number of carbonyl (C=O) groups excluding carboxylic acids is 1. The number of hydrogen-bond donors (Lipinski definition) is 1. The average Bonchev–Trinajstić information content (AvgIpc) is 2.57. The summed E-state index contributed by atoms with van der Waals surface area (Å²) in [5, 5.41) is 3.00. The lowest BCUT2D eigenvalue weighted by Crippen LogP contribution is -2.26. The van der Waals surface area contributed by atoms with Gasteiger partial charge in [0.05, 0.1) is 0 Å². The molecule has 2 rings (SSSR count). The van der Waals surface area contributed by atoms with E-state index >= 15 is 0 Å². The first-order chi connectivity index (χ1) is 11.1. The molecule has 0 spiro atoms. The Hall–Kier alpha value is -1.81. The molecule has 4 heteroatoms. The molecule has 0 unspecified atom stereocenters. The summed E-state index contributed by atoms with van der Waals surface area (Å²) in [6, 6.07) is 12.5. The molecule has 0 fully saturated rings. The lowest BCUT2D eigenvalue weighted by Gasteiger charge is -2.11. The largest absolute Gasteiger partial charge is 0.355 e. The summed E-state index contributed by atoms with van der Waals surface area (Å²) in [7, 11) is 0. The fraction of sp³-hybridized carbons (Fsp3) is 0.368. The van der Waals surface area contributed by atoms with Crippen LogP contribution in [0.4, 0.5) is 0 Å². The third-order valence-corrected chi connectivity index (χ3v) is 4.75. The number of aryl methyl sites for hydroxylation is 1. The topological polar surface area (TPSA) is 42.0 Å². The number of thioether (sulfide) groups is 1.